The maximum atomic E-state index is 13.0. The fourth-order valence-corrected chi connectivity index (χ4v) is 3.72. The predicted octanol–water partition coefficient (Wildman–Crippen LogP) is 5.08. The molecule has 2 heterocycles. The van der Waals surface area contributed by atoms with Crippen molar-refractivity contribution < 1.29 is 24.0 Å². The minimum absolute atomic E-state index is 0.130. The first-order valence-electron chi connectivity index (χ1n) is 10.3. The van der Waals surface area contributed by atoms with Crippen molar-refractivity contribution in [1.82, 2.24) is 4.40 Å². The summed E-state index contributed by atoms with van der Waals surface area (Å²) in [4.78, 5) is 36.1. The van der Waals surface area contributed by atoms with E-state index in [1.54, 1.807) is 35.7 Å². The van der Waals surface area contributed by atoms with Gasteiger partial charge < -0.3 is 13.9 Å². The zero-order valence-corrected chi connectivity index (χ0v) is 17.8. The molecule has 0 unspecified atom stereocenters. The molecule has 2 aromatic heterocycles. The van der Waals surface area contributed by atoms with E-state index in [0.717, 1.165) is 5.56 Å². The average Bonchev–Trinajstić information content (AvgIpc) is 3.17. The molecule has 0 bridgehead atoms. The standard InChI is InChI=1S/C25H20N2O6/c1-2-32-25(29)24-20-10-6-7-13-26(20)21(15-28)23(24)19-14-18(27(30)31)11-12-22(19)33-16-17-8-4-3-5-9-17/h3-15H,2,16H2,1H3. The van der Waals surface area contributed by atoms with E-state index in [1.807, 2.05) is 30.3 Å². The number of aromatic nitrogens is 1. The van der Waals surface area contributed by atoms with Crippen molar-refractivity contribution in [2.45, 2.75) is 13.5 Å². The number of aldehydes is 1. The number of pyridine rings is 1. The van der Waals surface area contributed by atoms with Crippen LogP contribution < -0.4 is 4.74 Å². The van der Waals surface area contributed by atoms with Gasteiger partial charge >= 0.3 is 5.97 Å². The summed E-state index contributed by atoms with van der Waals surface area (Å²) in [5.41, 5.74) is 1.94. The average molecular weight is 444 g/mol. The van der Waals surface area contributed by atoms with E-state index >= 15 is 0 Å². The molecule has 33 heavy (non-hydrogen) atoms. The topological polar surface area (TPSA) is 100 Å². The number of carbonyl (C=O) groups excluding carboxylic acids is 2. The molecule has 0 amide bonds. The van der Waals surface area contributed by atoms with E-state index in [1.165, 1.54) is 18.2 Å². The number of ether oxygens (including phenoxy) is 2. The van der Waals surface area contributed by atoms with Crippen molar-refractivity contribution in [2.24, 2.45) is 0 Å². The molecular formula is C25H20N2O6. The Kier molecular flexibility index (Phi) is 6.17. The minimum atomic E-state index is -0.634. The Labute approximate surface area is 189 Å². The Balaban J connectivity index is 1.96. The third kappa shape index (κ3) is 4.18. The number of hydrogen-bond donors (Lipinski definition) is 0. The molecule has 0 aliphatic carbocycles. The lowest BCUT2D eigenvalue weighted by Crippen LogP contribution is -2.06. The molecule has 8 heteroatoms. The maximum Gasteiger partial charge on any atom is 0.340 e. The van der Waals surface area contributed by atoms with Crippen LogP contribution in [0, 0.1) is 10.1 Å². The molecule has 4 aromatic rings. The van der Waals surface area contributed by atoms with Crippen LogP contribution in [0.15, 0.2) is 72.9 Å². The Hall–Kier alpha value is -4.46. The van der Waals surface area contributed by atoms with Crippen molar-refractivity contribution in [2.75, 3.05) is 6.61 Å². The van der Waals surface area contributed by atoms with Crippen molar-refractivity contribution in [3.8, 4) is 16.9 Å². The van der Waals surface area contributed by atoms with Gasteiger partial charge in [0.25, 0.3) is 5.69 Å². The van der Waals surface area contributed by atoms with Gasteiger partial charge in [-0.05, 0) is 30.7 Å². The van der Waals surface area contributed by atoms with Crippen molar-refractivity contribution in [3.63, 3.8) is 0 Å². The van der Waals surface area contributed by atoms with Crippen LogP contribution in [0.25, 0.3) is 16.6 Å². The fourth-order valence-electron chi connectivity index (χ4n) is 3.72. The number of nitrogens with zero attached hydrogens (tertiary/aromatic N) is 2. The van der Waals surface area contributed by atoms with Crippen molar-refractivity contribution in [1.29, 1.82) is 0 Å². The van der Waals surface area contributed by atoms with E-state index in [-0.39, 0.29) is 41.3 Å². The molecule has 8 nitrogen and oxygen atoms in total. The molecule has 0 aliphatic heterocycles. The molecule has 0 atom stereocenters. The van der Waals surface area contributed by atoms with Crippen LogP contribution in [0.1, 0.15) is 33.3 Å². The van der Waals surface area contributed by atoms with Gasteiger partial charge in [-0.1, -0.05) is 36.4 Å². The van der Waals surface area contributed by atoms with Gasteiger partial charge in [0.05, 0.1) is 28.3 Å². The number of nitro groups is 1. The highest BCUT2D eigenvalue weighted by Crippen LogP contribution is 2.40. The van der Waals surface area contributed by atoms with E-state index in [4.69, 9.17) is 9.47 Å². The first-order chi connectivity index (χ1) is 16.0. The van der Waals surface area contributed by atoms with Crippen LogP contribution in [0.4, 0.5) is 5.69 Å². The Morgan fingerprint density at radius 3 is 2.55 bits per heavy atom. The molecular weight excluding hydrogens is 424 g/mol. The summed E-state index contributed by atoms with van der Waals surface area (Å²) in [5.74, 6) is -0.334. The van der Waals surface area contributed by atoms with Gasteiger partial charge in [-0.15, -0.1) is 0 Å². The first-order valence-corrected chi connectivity index (χ1v) is 10.3. The molecule has 166 valence electrons. The Morgan fingerprint density at radius 1 is 1.09 bits per heavy atom. The number of rotatable bonds is 8. The lowest BCUT2D eigenvalue weighted by molar-refractivity contribution is -0.384. The van der Waals surface area contributed by atoms with Gasteiger partial charge in [0.1, 0.15) is 12.4 Å². The van der Waals surface area contributed by atoms with Crippen LogP contribution in [0.5, 0.6) is 5.75 Å². The minimum Gasteiger partial charge on any atom is -0.488 e. The summed E-state index contributed by atoms with van der Waals surface area (Å²) in [7, 11) is 0. The Morgan fingerprint density at radius 2 is 1.85 bits per heavy atom. The largest absolute Gasteiger partial charge is 0.488 e. The summed E-state index contributed by atoms with van der Waals surface area (Å²) in [5, 5.41) is 11.5. The number of carbonyl (C=O) groups is 2. The van der Waals surface area contributed by atoms with Crippen LogP contribution >= 0.6 is 0 Å². The van der Waals surface area contributed by atoms with Crippen LogP contribution in [-0.2, 0) is 11.3 Å². The van der Waals surface area contributed by atoms with Gasteiger partial charge in [-0.3, -0.25) is 14.9 Å². The summed E-state index contributed by atoms with van der Waals surface area (Å²) in [6.07, 6.45) is 2.26. The third-order valence-corrected chi connectivity index (χ3v) is 5.15. The second-order valence-electron chi connectivity index (χ2n) is 7.14. The van der Waals surface area contributed by atoms with E-state index in [2.05, 4.69) is 0 Å². The van der Waals surface area contributed by atoms with Gasteiger partial charge in [0, 0.05) is 29.5 Å². The smallest absolute Gasteiger partial charge is 0.340 e. The second kappa shape index (κ2) is 9.35. The summed E-state index contributed by atoms with van der Waals surface area (Å²) >= 11 is 0. The van der Waals surface area contributed by atoms with Gasteiger partial charge in [-0.25, -0.2) is 4.79 Å². The van der Waals surface area contributed by atoms with E-state index in [9.17, 15) is 19.7 Å². The van der Waals surface area contributed by atoms with Gasteiger partial charge in [0.15, 0.2) is 6.29 Å². The number of esters is 1. The van der Waals surface area contributed by atoms with Gasteiger partial charge in [-0.2, -0.15) is 0 Å². The normalized spacial score (nSPS) is 10.7. The van der Waals surface area contributed by atoms with Crippen molar-refractivity contribution in [3.05, 3.63) is 99.9 Å². The van der Waals surface area contributed by atoms with Gasteiger partial charge in [0.2, 0.25) is 0 Å². The highest BCUT2D eigenvalue weighted by Gasteiger charge is 2.28. The molecule has 0 N–H and O–H groups in total. The maximum absolute atomic E-state index is 13.0. The fraction of sp³-hybridized carbons (Fsp3) is 0.120. The molecule has 0 radical (unpaired) electrons. The lowest BCUT2D eigenvalue weighted by atomic mass is 9.99. The van der Waals surface area contributed by atoms with Crippen LogP contribution in [0.3, 0.4) is 0 Å². The van der Waals surface area contributed by atoms with E-state index in [0.29, 0.717) is 17.6 Å². The quantitative estimate of drug-likeness (QED) is 0.163. The molecule has 0 fully saturated rings. The summed E-state index contributed by atoms with van der Waals surface area (Å²) in [6, 6.07) is 18.7. The van der Waals surface area contributed by atoms with Crippen LogP contribution in [-0.4, -0.2) is 28.2 Å². The predicted molar refractivity (Wildman–Crippen MR) is 122 cm³/mol. The van der Waals surface area contributed by atoms with E-state index < -0.39 is 10.9 Å². The number of hydrogen-bond acceptors (Lipinski definition) is 6. The van der Waals surface area contributed by atoms with Crippen LogP contribution in [0.2, 0.25) is 0 Å². The number of nitro benzene ring substituents is 1. The second-order valence-corrected chi connectivity index (χ2v) is 7.14. The third-order valence-electron chi connectivity index (χ3n) is 5.15. The molecule has 4 rings (SSSR count). The number of non-ortho nitro benzene ring substituents is 1. The number of benzene rings is 2. The SMILES string of the molecule is CCOC(=O)c1c(-c2cc([N+](=O)[O-])ccc2OCc2ccccc2)c(C=O)n2ccccc12. The zero-order valence-electron chi connectivity index (χ0n) is 17.8. The monoisotopic (exact) mass is 444 g/mol. The molecule has 0 spiro atoms. The highest BCUT2D eigenvalue weighted by atomic mass is 16.6. The summed E-state index contributed by atoms with van der Waals surface area (Å²) in [6.45, 7) is 2.01. The molecule has 0 aliphatic rings. The lowest BCUT2D eigenvalue weighted by Gasteiger charge is -2.13. The Bertz CT molecular complexity index is 1340. The first kappa shape index (κ1) is 21.8. The van der Waals surface area contributed by atoms with Crippen molar-refractivity contribution >= 4 is 23.5 Å². The highest BCUT2D eigenvalue weighted by molar-refractivity contribution is 6.10. The molecule has 0 saturated heterocycles. The summed E-state index contributed by atoms with van der Waals surface area (Å²) < 4.78 is 12.8. The molecule has 0 saturated carbocycles. The zero-order chi connectivity index (χ0) is 23.4. The molecule has 2 aromatic carbocycles. The number of fused-ring (bicyclic) bond motifs is 1.